The average Bonchev–Trinajstić information content (AvgIpc) is 2.55. The number of hydrogen-bond acceptors (Lipinski definition) is 5. The second-order valence-corrected chi connectivity index (χ2v) is 4.92. The molecule has 0 aliphatic carbocycles. The van der Waals surface area contributed by atoms with E-state index in [1.54, 1.807) is 25.6 Å². The summed E-state index contributed by atoms with van der Waals surface area (Å²) in [4.78, 5) is 36.1. The van der Waals surface area contributed by atoms with Crippen LogP contribution >= 0.6 is 0 Å². The molecular formula is C14H21N5O2. The SMILES string of the molecule is CCC(=O)N1CCN(C(C(=O)NC)c2cnccn2)CC1. The zero-order valence-corrected chi connectivity index (χ0v) is 12.5. The van der Waals surface area contributed by atoms with E-state index < -0.39 is 6.04 Å². The van der Waals surface area contributed by atoms with E-state index in [1.165, 1.54) is 0 Å². The summed E-state index contributed by atoms with van der Waals surface area (Å²) in [5.74, 6) is 0.0522. The Morgan fingerprint density at radius 1 is 1.29 bits per heavy atom. The first-order chi connectivity index (χ1) is 10.2. The number of amides is 2. The van der Waals surface area contributed by atoms with Crippen LogP contribution in [0.15, 0.2) is 18.6 Å². The monoisotopic (exact) mass is 291 g/mol. The van der Waals surface area contributed by atoms with Crippen LogP contribution in [0.25, 0.3) is 0 Å². The van der Waals surface area contributed by atoms with Crippen molar-refractivity contribution in [3.8, 4) is 0 Å². The molecule has 1 aromatic rings. The topological polar surface area (TPSA) is 78.4 Å². The molecule has 7 nitrogen and oxygen atoms in total. The fourth-order valence-corrected chi connectivity index (χ4v) is 2.53. The van der Waals surface area contributed by atoms with Gasteiger partial charge in [0, 0.05) is 52.0 Å². The maximum Gasteiger partial charge on any atom is 0.243 e. The Morgan fingerprint density at radius 3 is 2.52 bits per heavy atom. The van der Waals surface area contributed by atoms with Gasteiger partial charge in [-0.25, -0.2) is 0 Å². The quantitative estimate of drug-likeness (QED) is 0.832. The molecule has 114 valence electrons. The minimum atomic E-state index is -0.456. The molecule has 1 atom stereocenters. The molecule has 0 spiro atoms. The van der Waals surface area contributed by atoms with Crippen molar-refractivity contribution in [3.63, 3.8) is 0 Å². The summed E-state index contributed by atoms with van der Waals surface area (Å²) in [7, 11) is 1.61. The molecule has 0 bridgehead atoms. The Morgan fingerprint density at radius 2 is 2.00 bits per heavy atom. The van der Waals surface area contributed by atoms with Crippen molar-refractivity contribution in [1.29, 1.82) is 0 Å². The Kier molecular flexibility index (Phi) is 5.21. The Bertz CT molecular complexity index is 485. The van der Waals surface area contributed by atoms with E-state index in [1.807, 2.05) is 16.7 Å². The van der Waals surface area contributed by atoms with Gasteiger partial charge in [-0.2, -0.15) is 0 Å². The summed E-state index contributed by atoms with van der Waals surface area (Å²) in [5, 5.41) is 2.68. The first kappa shape index (κ1) is 15.4. The molecule has 1 unspecified atom stereocenters. The van der Waals surface area contributed by atoms with E-state index in [9.17, 15) is 9.59 Å². The summed E-state index contributed by atoms with van der Waals surface area (Å²) < 4.78 is 0. The van der Waals surface area contributed by atoms with Crippen LogP contribution in [0.1, 0.15) is 25.1 Å². The average molecular weight is 291 g/mol. The second kappa shape index (κ2) is 7.12. The fraction of sp³-hybridized carbons (Fsp3) is 0.571. The van der Waals surface area contributed by atoms with Gasteiger partial charge < -0.3 is 10.2 Å². The number of likely N-dealkylation sites (N-methyl/N-ethyl adjacent to an activating group) is 1. The van der Waals surface area contributed by atoms with Crippen molar-refractivity contribution in [2.45, 2.75) is 19.4 Å². The van der Waals surface area contributed by atoms with Crippen molar-refractivity contribution < 1.29 is 9.59 Å². The lowest BCUT2D eigenvalue weighted by molar-refractivity contribution is -0.134. The van der Waals surface area contributed by atoms with Crippen molar-refractivity contribution in [3.05, 3.63) is 24.3 Å². The smallest absolute Gasteiger partial charge is 0.243 e. The van der Waals surface area contributed by atoms with Crippen LogP contribution in [-0.2, 0) is 9.59 Å². The van der Waals surface area contributed by atoms with E-state index in [0.29, 0.717) is 38.3 Å². The van der Waals surface area contributed by atoms with Crippen LogP contribution in [0.4, 0.5) is 0 Å². The summed E-state index contributed by atoms with van der Waals surface area (Å²) in [6, 6.07) is -0.456. The van der Waals surface area contributed by atoms with E-state index in [2.05, 4.69) is 15.3 Å². The maximum atomic E-state index is 12.2. The summed E-state index contributed by atoms with van der Waals surface area (Å²) >= 11 is 0. The van der Waals surface area contributed by atoms with Gasteiger partial charge in [0.05, 0.1) is 11.9 Å². The molecule has 1 aliphatic rings. The van der Waals surface area contributed by atoms with Crippen LogP contribution in [0.5, 0.6) is 0 Å². The number of rotatable bonds is 4. The third kappa shape index (κ3) is 3.55. The van der Waals surface area contributed by atoms with E-state index in [-0.39, 0.29) is 11.8 Å². The molecule has 0 saturated carbocycles. The highest BCUT2D eigenvalue weighted by molar-refractivity contribution is 5.82. The molecule has 0 aromatic carbocycles. The zero-order valence-electron chi connectivity index (χ0n) is 12.5. The second-order valence-electron chi connectivity index (χ2n) is 4.92. The maximum absolute atomic E-state index is 12.2. The fourth-order valence-electron chi connectivity index (χ4n) is 2.53. The minimum absolute atomic E-state index is 0.106. The highest BCUT2D eigenvalue weighted by atomic mass is 16.2. The van der Waals surface area contributed by atoms with Gasteiger partial charge in [0.25, 0.3) is 0 Å². The van der Waals surface area contributed by atoms with Crippen molar-refractivity contribution in [1.82, 2.24) is 25.1 Å². The third-order valence-electron chi connectivity index (χ3n) is 3.69. The van der Waals surface area contributed by atoms with Gasteiger partial charge in [0.15, 0.2) is 0 Å². The van der Waals surface area contributed by atoms with Crippen LogP contribution in [0, 0.1) is 0 Å². The van der Waals surface area contributed by atoms with Crippen molar-refractivity contribution in [2.24, 2.45) is 0 Å². The van der Waals surface area contributed by atoms with Gasteiger partial charge in [0.1, 0.15) is 6.04 Å². The van der Waals surface area contributed by atoms with Crippen LogP contribution in [0.2, 0.25) is 0 Å². The lowest BCUT2D eigenvalue weighted by Gasteiger charge is -2.38. The zero-order chi connectivity index (χ0) is 15.2. The lowest BCUT2D eigenvalue weighted by Crippen LogP contribution is -2.52. The number of carbonyl (C=O) groups excluding carboxylic acids is 2. The first-order valence-electron chi connectivity index (χ1n) is 7.16. The molecule has 21 heavy (non-hydrogen) atoms. The van der Waals surface area contributed by atoms with Crippen molar-refractivity contribution >= 4 is 11.8 Å². The molecule has 1 saturated heterocycles. The summed E-state index contributed by atoms with van der Waals surface area (Å²) in [6.07, 6.45) is 5.30. The Labute approximate surface area is 124 Å². The van der Waals surface area contributed by atoms with Crippen LogP contribution < -0.4 is 5.32 Å². The number of aromatic nitrogens is 2. The molecule has 1 aromatic heterocycles. The number of piperazine rings is 1. The van der Waals surface area contributed by atoms with Gasteiger partial charge in [-0.1, -0.05) is 6.92 Å². The van der Waals surface area contributed by atoms with Crippen molar-refractivity contribution in [2.75, 3.05) is 33.2 Å². The standard InChI is InChI=1S/C14H21N5O2/c1-3-12(20)18-6-8-19(9-7-18)13(14(21)15-2)11-10-16-4-5-17-11/h4-5,10,13H,3,6-9H2,1-2H3,(H,15,21). The van der Waals surface area contributed by atoms with E-state index in [4.69, 9.17) is 0 Å². The molecule has 2 heterocycles. The van der Waals surface area contributed by atoms with Gasteiger partial charge in [-0.3, -0.25) is 24.5 Å². The number of nitrogens with zero attached hydrogens (tertiary/aromatic N) is 4. The van der Waals surface area contributed by atoms with Gasteiger partial charge in [-0.05, 0) is 0 Å². The lowest BCUT2D eigenvalue weighted by atomic mass is 10.1. The molecule has 1 fully saturated rings. The van der Waals surface area contributed by atoms with Crippen LogP contribution in [0.3, 0.4) is 0 Å². The summed E-state index contributed by atoms with van der Waals surface area (Å²) in [5.41, 5.74) is 0.632. The summed E-state index contributed by atoms with van der Waals surface area (Å²) in [6.45, 7) is 4.45. The number of carbonyl (C=O) groups is 2. The molecule has 1 N–H and O–H groups in total. The Hall–Kier alpha value is -2.02. The first-order valence-corrected chi connectivity index (χ1v) is 7.16. The predicted octanol–water partition coefficient (Wildman–Crippen LogP) is -0.182. The number of hydrogen-bond donors (Lipinski definition) is 1. The molecule has 2 amide bonds. The molecule has 1 aliphatic heterocycles. The molecule has 0 radical (unpaired) electrons. The third-order valence-corrected chi connectivity index (χ3v) is 3.69. The molecular weight excluding hydrogens is 270 g/mol. The van der Waals surface area contributed by atoms with Gasteiger partial charge in [0.2, 0.25) is 11.8 Å². The van der Waals surface area contributed by atoms with Gasteiger partial charge >= 0.3 is 0 Å². The Balaban J connectivity index is 2.10. The molecule has 2 rings (SSSR count). The highest BCUT2D eigenvalue weighted by Gasteiger charge is 2.31. The van der Waals surface area contributed by atoms with Gasteiger partial charge in [-0.15, -0.1) is 0 Å². The van der Waals surface area contributed by atoms with E-state index in [0.717, 1.165) is 0 Å². The van der Waals surface area contributed by atoms with Crippen LogP contribution in [-0.4, -0.2) is 64.8 Å². The highest BCUT2D eigenvalue weighted by Crippen LogP contribution is 2.20. The normalized spacial score (nSPS) is 17.3. The van der Waals surface area contributed by atoms with E-state index >= 15 is 0 Å². The minimum Gasteiger partial charge on any atom is -0.357 e. The predicted molar refractivity (Wildman–Crippen MR) is 77.3 cm³/mol. The number of nitrogens with one attached hydrogen (secondary N) is 1. The molecule has 7 heteroatoms. The largest absolute Gasteiger partial charge is 0.357 e.